The number of hydrogen-bond donors (Lipinski definition) is 1. The number of imidazole rings is 1. The van der Waals surface area contributed by atoms with Crippen LogP contribution in [0.4, 0.5) is 0 Å². The first-order valence-corrected chi connectivity index (χ1v) is 6.38. The SMILES string of the molecule is CCn1ccnc1CC(N)C(C)(CC)N(C)C. The Bertz CT molecular complexity index is 345. The summed E-state index contributed by atoms with van der Waals surface area (Å²) in [4.78, 5) is 6.62. The lowest BCUT2D eigenvalue weighted by Crippen LogP contribution is -2.56. The molecular weight excluding hydrogens is 212 g/mol. The van der Waals surface area contributed by atoms with E-state index in [4.69, 9.17) is 5.73 Å². The molecule has 0 amide bonds. The van der Waals surface area contributed by atoms with Gasteiger partial charge in [-0.3, -0.25) is 0 Å². The molecule has 98 valence electrons. The smallest absolute Gasteiger partial charge is 0.110 e. The Balaban J connectivity index is 2.81. The summed E-state index contributed by atoms with van der Waals surface area (Å²) in [5, 5.41) is 0. The molecule has 0 aliphatic rings. The lowest BCUT2D eigenvalue weighted by atomic mass is 9.86. The third-order valence-corrected chi connectivity index (χ3v) is 4.08. The van der Waals surface area contributed by atoms with E-state index in [0.29, 0.717) is 0 Å². The molecule has 0 radical (unpaired) electrons. The summed E-state index contributed by atoms with van der Waals surface area (Å²) in [5.41, 5.74) is 6.40. The van der Waals surface area contributed by atoms with Gasteiger partial charge in [0.2, 0.25) is 0 Å². The second-order valence-corrected chi connectivity index (χ2v) is 5.05. The van der Waals surface area contributed by atoms with Crippen LogP contribution >= 0.6 is 0 Å². The summed E-state index contributed by atoms with van der Waals surface area (Å²) in [5.74, 6) is 1.08. The molecule has 0 aromatic carbocycles. The minimum Gasteiger partial charge on any atom is -0.335 e. The van der Waals surface area contributed by atoms with Crippen molar-refractivity contribution < 1.29 is 0 Å². The highest BCUT2D eigenvalue weighted by Crippen LogP contribution is 2.21. The molecule has 0 saturated heterocycles. The summed E-state index contributed by atoms with van der Waals surface area (Å²) < 4.78 is 2.16. The molecule has 0 fully saturated rings. The van der Waals surface area contributed by atoms with Crippen LogP contribution in [0.25, 0.3) is 0 Å². The second-order valence-electron chi connectivity index (χ2n) is 5.05. The minimum absolute atomic E-state index is 0.0184. The van der Waals surface area contributed by atoms with Gasteiger partial charge in [-0.25, -0.2) is 4.98 Å². The molecule has 17 heavy (non-hydrogen) atoms. The monoisotopic (exact) mass is 238 g/mol. The number of nitrogens with two attached hydrogens (primary N) is 1. The van der Waals surface area contributed by atoms with Crippen LogP contribution in [0.5, 0.6) is 0 Å². The van der Waals surface area contributed by atoms with Gasteiger partial charge in [-0.1, -0.05) is 6.92 Å². The molecule has 1 aromatic heterocycles. The molecule has 0 saturated carbocycles. The number of hydrogen-bond acceptors (Lipinski definition) is 3. The van der Waals surface area contributed by atoms with Crippen LogP contribution in [0.2, 0.25) is 0 Å². The Morgan fingerprint density at radius 3 is 2.59 bits per heavy atom. The molecule has 0 bridgehead atoms. The summed E-state index contributed by atoms with van der Waals surface area (Å²) >= 11 is 0. The highest BCUT2D eigenvalue weighted by atomic mass is 15.2. The van der Waals surface area contributed by atoms with Crippen molar-refractivity contribution in [3.8, 4) is 0 Å². The van der Waals surface area contributed by atoms with Crippen molar-refractivity contribution in [2.24, 2.45) is 5.73 Å². The van der Waals surface area contributed by atoms with Gasteiger partial charge in [-0.2, -0.15) is 0 Å². The number of aryl methyl sites for hydroxylation is 1. The highest BCUT2D eigenvalue weighted by molar-refractivity contribution is 5.01. The van der Waals surface area contributed by atoms with Gasteiger partial charge < -0.3 is 15.2 Å². The van der Waals surface area contributed by atoms with Gasteiger partial charge in [0.05, 0.1) is 0 Å². The Morgan fingerprint density at radius 2 is 2.12 bits per heavy atom. The van der Waals surface area contributed by atoms with Crippen LogP contribution < -0.4 is 5.73 Å². The Kier molecular flexibility index (Phi) is 4.71. The van der Waals surface area contributed by atoms with Gasteiger partial charge in [0.1, 0.15) is 5.82 Å². The average Bonchev–Trinajstić information content (AvgIpc) is 2.74. The van der Waals surface area contributed by atoms with Gasteiger partial charge in [-0.05, 0) is 34.4 Å². The van der Waals surface area contributed by atoms with Gasteiger partial charge >= 0.3 is 0 Å². The molecule has 2 unspecified atom stereocenters. The summed E-state index contributed by atoms with van der Waals surface area (Å²) in [6, 6.07) is 0.0928. The van der Waals surface area contributed by atoms with Crippen LogP contribution in [0, 0.1) is 0 Å². The van der Waals surface area contributed by atoms with Crippen molar-refractivity contribution in [1.29, 1.82) is 0 Å². The normalized spacial score (nSPS) is 17.1. The van der Waals surface area contributed by atoms with Crippen molar-refractivity contribution in [2.75, 3.05) is 14.1 Å². The lowest BCUT2D eigenvalue weighted by molar-refractivity contribution is 0.130. The topological polar surface area (TPSA) is 47.1 Å². The molecule has 4 nitrogen and oxygen atoms in total. The zero-order valence-electron chi connectivity index (χ0n) is 11.8. The van der Waals surface area contributed by atoms with Gasteiger partial charge in [0.15, 0.2) is 0 Å². The Labute approximate surface area is 105 Å². The molecule has 1 heterocycles. The highest BCUT2D eigenvalue weighted by Gasteiger charge is 2.32. The first-order valence-electron chi connectivity index (χ1n) is 6.38. The molecule has 1 aromatic rings. The van der Waals surface area contributed by atoms with E-state index in [1.165, 1.54) is 0 Å². The quantitative estimate of drug-likeness (QED) is 0.817. The zero-order chi connectivity index (χ0) is 13.1. The van der Waals surface area contributed by atoms with E-state index in [1.807, 2.05) is 12.4 Å². The van der Waals surface area contributed by atoms with Crippen LogP contribution in [0.15, 0.2) is 12.4 Å². The molecule has 1 rings (SSSR count). The second kappa shape index (κ2) is 5.65. The molecule has 4 heteroatoms. The van der Waals surface area contributed by atoms with E-state index in [0.717, 1.165) is 25.2 Å². The Hall–Kier alpha value is -0.870. The molecule has 0 spiro atoms. The van der Waals surface area contributed by atoms with Crippen LogP contribution in [0.3, 0.4) is 0 Å². The lowest BCUT2D eigenvalue weighted by Gasteiger charge is -2.40. The van der Waals surface area contributed by atoms with Gasteiger partial charge in [0, 0.05) is 36.9 Å². The standard InChI is InChI=1S/C13H26N4/c1-6-13(3,16(4)5)11(14)10-12-15-8-9-17(12)7-2/h8-9,11H,6-7,10,14H2,1-5H3. The maximum atomic E-state index is 6.38. The fraction of sp³-hybridized carbons (Fsp3) is 0.769. The van der Waals surface area contributed by atoms with Crippen LogP contribution in [0.1, 0.15) is 33.0 Å². The predicted octanol–water partition coefficient (Wildman–Crippen LogP) is 1.50. The maximum Gasteiger partial charge on any atom is 0.110 e. The molecule has 0 aliphatic carbocycles. The zero-order valence-corrected chi connectivity index (χ0v) is 11.8. The summed E-state index contributed by atoms with van der Waals surface area (Å²) in [6.07, 6.45) is 5.73. The first-order chi connectivity index (χ1) is 7.95. The van der Waals surface area contributed by atoms with Crippen molar-refractivity contribution in [3.05, 3.63) is 18.2 Å². The number of nitrogens with zero attached hydrogens (tertiary/aromatic N) is 3. The maximum absolute atomic E-state index is 6.38. The van der Waals surface area contributed by atoms with Gasteiger partial charge in [0.25, 0.3) is 0 Å². The summed E-state index contributed by atoms with van der Waals surface area (Å²) in [7, 11) is 4.19. The van der Waals surface area contributed by atoms with Crippen molar-refractivity contribution in [3.63, 3.8) is 0 Å². The van der Waals surface area contributed by atoms with Gasteiger partial charge in [-0.15, -0.1) is 0 Å². The van der Waals surface area contributed by atoms with E-state index >= 15 is 0 Å². The van der Waals surface area contributed by atoms with E-state index < -0.39 is 0 Å². The van der Waals surface area contributed by atoms with E-state index in [-0.39, 0.29) is 11.6 Å². The van der Waals surface area contributed by atoms with E-state index in [9.17, 15) is 0 Å². The fourth-order valence-corrected chi connectivity index (χ4v) is 2.14. The van der Waals surface area contributed by atoms with Crippen LogP contribution in [-0.4, -0.2) is 40.1 Å². The van der Waals surface area contributed by atoms with Crippen molar-refractivity contribution in [1.82, 2.24) is 14.5 Å². The molecule has 2 atom stereocenters. The van der Waals surface area contributed by atoms with Crippen LogP contribution in [-0.2, 0) is 13.0 Å². The predicted molar refractivity (Wildman–Crippen MR) is 72.0 cm³/mol. The number of aromatic nitrogens is 2. The average molecular weight is 238 g/mol. The van der Waals surface area contributed by atoms with E-state index in [2.05, 4.69) is 49.3 Å². The summed E-state index contributed by atoms with van der Waals surface area (Å²) in [6.45, 7) is 7.48. The number of rotatable bonds is 6. The van der Waals surface area contributed by atoms with Crippen molar-refractivity contribution >= 4 is 0 Å². The number of likely N-dealkylation sites (N-methyl/N-ethyl adjacent to an activating group) is 1. The Morgan fingerprint density at radius 1 is 1.47 bits per heavy atom. The first kappa shape index (κ1) is 14.2. The minimum atomic E-state index is 0.0184. The molecular formula is C13H26N4. The molecule has 0 aliphatic heterocycles. The fourth-order valence-electron chi connectivity index (χ4n) is 2.14. The van der Waals surface area contributed by atoms with Crippen molar-refractivity contribution in [2.45, 2.75) is 51.7 Å². The largest absolute Gasteiger partial charge is 0.335 e. The van der Waals surface area contributed by atoms with E-state index in [1.54, 1.807) is 0 Å². The third kappa shape index (κ3) is 2.87. The molecule has 2 N–H and O–H groups in total. The third-order valence-electron chi connectivity index (χ3n) is 4.08.